The fourth-order valence-electron chi connectivity index (χ4n) is 3.72. The van der Waals surface area contributed by atoms with E-state index in [9.17, 15) is 8.42 Å². The summed E-state index contributed by atoms with van der Waals surface area (Å²) in [7, 11) is -3.63. The number of thiophene rings is 1. The Hall–Kier alpha value is -1.96. The maximum absolute atomic E-state index is 13.2. The van der Waals surface area contributed by atoms with Crippen LogP contribution in [0.15, 0.2) is 58.9 Å². The summed E-state index contributed by atoms with van der Waals surface area (Å²) >= 11 is 1.51. The molecule has 5 nitrogen and oxygen atoms in total. The molecule has 1 aliphatic rings. The first-order chi connectivity index (χ1) is 13.6. The summed E-state index contributed by atoms with van der Waals surface area (Å²) in [6.45, 7) is 0.540. The molecule has 0 bridgehead atoms. The van der Waals surface area contributed by atoms with Crippen LogP contribution in [0, 0.1) is 0 Å². The van der Waals surface area contributed by atoms with Gasteiger partial charge in [0.05, 0.1) is 11.4 Å². The molecule has 1 fully saturated rings. The lowest BCUT2D eigenvalue weighted by Gasteiger charge is -2.16. The summed E-state index contributed by atoms with van der Waals surface area (Å²) in [5.74, 6) is 0. The van der Waals surface area contributed by atoms with Crippen LogP contribution in [-0.2, 0) is 16.6 Å². The minimum atomic E-state index is -3.63. The first-order valence-corrected chi connectivity index (χ1v) is 12.2. The Balaban J connectivity index is 1.65. The van der Waals surface area contributed by atoms with E-state index in [4.69, 9.17) is 0 Å². The Morgan fingerprint density at radius 1 is 1.04 bits per heavy atom. The van der Waals surface area contributed by atoms with Crippen molar-refractivity contribution in [2.75, 3.05) is 0 Å². The highest BCUT2D eigenvalue weighted by atomic mass is 32.2. The number of nitrogens with zero attached hydrogens (tertiary/aromatic N) is 2. The average Bonchev–Trinajstić information content (AvgIpc) is 3.29. The normalized spacial score (nSPS) is 16.1. The standard InChI is InChI=1S/C21H25N3O2S2/c25-28(26,23-18-11-6-1-2-7-12-18)20-16-24(15-17-9-4-3-5-10-17)22-21(20)19-13-8-14-27-19/h3-5,8-10,13-14,16,18,23H,1-2,6-7,11-12,15H2. The van der Waals surface area contributed by atoms with Gasteiger partial charge in [0.25, 0.3) is 0 Å². The molecule has 0 atom stereocenters. The van der Waals surface area contributed by atoms with Gasteiger partial charge in [0, 0.05) is 12.2 Å². The molecule has 0 amide bonds. The lowest BCUT2D eigenvalue weighted by Crippen LogP contribution is -2.34. The minimum Gasteiger partial charge on any atom is -0.266 e. The van der Waals surface area contributed by atoms with E-state index >= 15 is 0 Å². The zero-order valence-electron chi connectivity index (χ0n) is 15.8. The van der Waals surface area contributed by atoms with Crippen molar-refractivity contribution >= 4 is 21.4 Å². The minimum absolute atomic E-state index is 0.0150. The van der Waals surface area contributed by atoms with Crippen LogP contribution in [0.2, 0.25) is 0 Å². The van der Waals surface area contributed by atoms with Gasteiger partial charge in [0.2, 0.25) is 10.0 Å². The molecule has 7 heteroatoms. The number of aromatic nitrogens is 2. The molecule has 1 N–H and O–H groups in total. The van der Waals surface area contributed by atoms with E-state index in [1.807, 2.05) is 47.8 Å². The molecule has 1 saturated carbocycles. The van der Waals surface area contributed by atoms with Crippen LogP contribution in [0.25, 0.3) is 10.6 Å². The zero-order chi connectivity index (χ0) is 19.4. The molecule has 3 aromatic rings. The SMILES string of the molecule is O=S(=O)(NC1CCCCCC1)c1cn(Cc2ccccc2)nc1-c1cccs1. The lowest BCUT2D eigenvalue weighted by atomic mass is 10.1. The molecular formula is C21H25N3O2S2. The van der Waals surface area contributed by atoms with E-state index in [-0.39, 0.29) is 10.9 Å². The van der Waals surface area contributed by atoms with E-state index in [1.54, 1.807) is 10.9 Å². The second kappa shape index (κ2) is 8.59. The van der Waals surface area contributed by atoms with Crippen LogP contribution in [0.1, 0.15) is 44.1 Å². The van der Waals surface area contributed by atoms with Crippen molar-refractivity contribution in [2.24, 2.45) is 0 Å². The Morgan fingerprint density at radius 3 is 2.46 bits per heavy atom. The molecule has 28 heavy (non-hydrogen) atoms. The summed E-state index contributed by atoms with van der Waals surface area (Å²) in [5.41, 5.74) is 1.62. The fourth-order valence-corrected chi connectivity index (χ4v) is 5.97. The number of nitrogens with one attached hydrogen (secondary N) is 1. The number of benzene rings is 1. The van der Waals surface area contributed by atoms with Gasteiger partial charge in [0.1, 0.15) is 10.6 Å². The molecule has 0 radical (unpaired) electrons. The molecule has 0 aliphatic heterocycles. The largest absolute Gasteiger partial charge is 0.266 e. The van der Waals surface area contributed by atoms with Gasteiger partial charge >= 0.3 is 0 Å². The van der Waals surface area contributed by atoms with Crippen molar-refractivity contribution in [3.8, 4) is 10.6 Å². The third kappa shape index (κ3) is 4.54. The summed E-state index contributed by atoms with van der Waals surface area (Å²) in [4.78, 5) is 1.14. The van der Waals surface area contributed by atoms with Crippen molar-refractivity contribution in [1.29, 1.82) is 0 Å². The molecule has 2 heterocycles. The number of hydrogen-bond acceptors (Lipinski definition) is 4. The van der Waals surface area contributed by atoms with Crippen LogP contribution in [0.5, 0.6) is 0 Å². The monoisotopic (exact) mass is 415 g/mol. The molecule has 0 unspecified atom stereocenters. The predicted octanol–water partition coefficient (Wildman–Crippen LogP) is 4.66. The molecular weight excluding hydrogens is 390 g/mol. The van der Waals surface area contributed by atoms with Crippen LogP contribution < -0.4 is 4.72 Å². The van der Waals surface area contributed by atoms with Crippen molar-refractivity contribution < 1.29 is 8.42 Å². The molecule has 0 spiro atoms. The summed E-state index contributed by atoms with van der Waals surface area (Å²) in [5, 5.41) is 6.58. The first kappa shape index (κ1) is 19.4. The first-order valence-electron chi connectivity index (χ1n) is 9.79. The Morgan fingerprint density at radius 2 is 1.79 bits per heavy atom. The van der Waals surface area contributed by atoms with Crippen molar-refractivity contribution in [2.45, 2.75) is 56.0 Å². The smallest absolute Gasteiger partial charge is 0.244 e. The van der Waals surface area contributed by atoms with Gasteiger partial charge in [0.15, 0.2) is 0 Å². The van der Waals surface area contributed by atoms with Crippen LogP contribution in [-0.4, -0.2) is 24.2 Å². The van der Waals surface area contributed by atoms with Gasteiger partial charge in [-0.25, -0.2) is 13.1 Å². The van der Waals surface area contributed by atoms with Crippen LogP contribution in [0.3, 0.4) is 0 Å². The maximum atomic E-state index is 13.2. The molecule has 2 aromatic heterocycles. The van der Waals surface area contributed by atoms with Crippen molar-refractivity contribution in [3.63, 3.8) is 0 Å². The van der Waals surface area contributed by atoms with Crippen LogP contribution >= 0.6 is 11.3 Å². The Kier molecular flexibility index (Phi) is 5.94. The molecule has 4 rings (SSSR count). The Bertz CT molecular complexity index is 988. The third-order valence-corrected chi connectivity index (χ3v) is 7.53. The van der Waals surface area contributed by atoms with E-state index in [0.29, 0.717) is 12.2 Å². The third-order valence-electron chi connectivity index (χ3n) is 5.14. The highest BCUT2D eigenvalue weighted by Crippen LogP contribution is 2.30. The predicted molar refractivity (Wildman–Crippen MR) is 113 cm³/mol. The van der Waals surface area contributed by atoms with Gasteiger partial charge in [-0.3, -0.25) is 4.68 Å². The van der Waals surface area contributed by atoms with Gasteiger partial charge < -0.3 is 0 Å². The van der Waals surface area contributed by atoms with E-state index in [2.05, 4.69) is 9.82 Å². The lowest BCUT2D eigenvalue weighted by molar-refractivity contribution is 0.510. The van der Waals surface area contributed by atoms with Gasteiger partial charge in [-0.05, 0) is 29.9 Å². The maximum Gasteiger partial charge on any atom is 0.244 e. The van der Waals surface area contributed by atoms with Crippen molar-refractivity contribution in [1.82, 2.24) is 14.5 Å². The zero-order valence-corrected chi connectivity index (χ0v) is 17.4. The Labute approximate surface area is 170 Å². The van der Waals surface area contributed by atoms with E-state index in [1.165, 1.54) is 24.2 Å². The highest BCUT2D eigenvalue weighted by Gasteiger charge is 2.27. The van der Waals surface area contributed by atoms with E-state index < -0.39 is 10.0 Å². The molecule has 1 aliphatic carbocycles. The van der Waals surface area contributed by atoms with E-state index in [0.717, 1.165) is 36.1 Å². The van der Waals surface area contributed by atoms with Gasteiger partial charge in [-0.2, -0.15) is 5.10 Å². The van der Waals surface area contributed by atoms with Gasteiger partial charge in [-0.1, -0.05) is 62.1 Å². The quantitative estimate of drug-likeness (QED) is 0.596. The van der Waals surface area contributed by atoms with Crippen molar-refractivity contribution in [3.05, 3.63) is 59.6 Å². The number of sulfonamides is 1. The fraction of sp³-hybridized carbons (Fsp3) is 0.381. The molecule has 148 valence electrons. The summed E-state index contributed by atoms with van der Waals surface area (Å²) in [6.07, 6.45) is 8.02. The average molecular weight is 416 g/mol. The molecule has 1 aromatic carbocycles. The second-order valence-corrected chi connectivity index (χ2v) is 9.94. The van der Waals surface area contributed by atoms with Crippen LogP contribution in [0.4, 0.5) is 0 Å². The highest BCUT2D eigenvalue weighted by molar-refractivity contribution is 7.89. The summed E-state index contributed by atoms with van der Waals surface area (Å²) in [6, 6.07) is 13.8. The number of hydrogen-bond donors (Lipinski definition) is 1. The molecule has 0 saturated heterocycles. The topological polar surface area (TPSA) is 64.0 Å². The number of rotatable bonds is 6. The second-order valence-electron chi connectivity index (χ2n) is 7.31. The van der Waals surface area contributed by atoms with Gasteiger partial charge in [-0.15, -0.1) is 11.3 Å². The summed E-state index contributed by atoms with van der Waals surface area (Å²) < 4.78 is 31.2.